The number of nitrogens with zero attached hydrogens (tertiary/aromatic N) is 3. The fourth-order valence-corrected chi connectivity index (χ4v) is 4.02. The van der Waals surface area contributed by atoms with Crippen LogP contribution in [0.3, 0.4) is 0 Å². The smallest absolute Gasteiger partial charge is 0.227 e. The third-order valence-electron chi connectivity index (χ3n) is 5.80. The second-order valence-corrected chi connectivity index (χ2v) is 8.15. The maximum absolute atomic E-state index is 12.3. The number of carbonyl (C=O) groups excluding carboxylic acids is 1. The van der Waals surface area contributed by atoms with E-state index in [1.165, 1.54) is 5.56 Å². The van der Waals surface area contributed by atoms with Crippen molar-refractivity contribution in [1.29, 1.82) is 0 Å². The van der Waals surface area contributed by atoms with Crippen molar-refractivity contribution in [3.05, 3.63) is 72.1 Å². The molecule has 0 unspecified atom stereocenters. The zero-order valence-corrected chi connectivity index (χ0v) is 17.9. The molecule has 162 valence electrons. The number of aromatic nitrogens is 2. The predicted octanol–water partition coefficient (Wildman–Crippen LogP) is 3.88. The maximum Gasteiger partial charge on any atom is 0.227 e. The Labute approximate surface area is 183 Å². The Balaban J connectivity index is 1.12. The normalized spacial score (nSPS) is 15.1. The van der Waals surface area contributed by atoms with Crippen LogP contribution in [0.1, 0.15) is 37.1 Å². The summed E-state index contributed by atoms with van der Waals surface area (Å²) in [6.45, 7) is 3.04. The maximum atomic E-state index is 12.3. The first-order valence-corrected chi connectivity index (χ1v) is 11.2. The molecule has 1 amide bonds. The number of piperidine rings is 1. The number of carbonyl (C=O) groups is 1. The number of likely N-dealkylation sites (tertiary alicyclic amines) is 1. The standard InChI is InChI=1S/C25H30N4O2/c30-23(14-13-20-8-3-1-4-9-20)26-22-15-18-29(19-16-22)17-7-12-24-27-25(28-31-24)21-10-5-2-6-11-21/h1-6,8-11,22H,7,12-19H2,(H,26,30). The molecule has 2 aromatic carbocycles. The summed E-state index contributed by atoms with van der Waals surface area (Å²) in [4.78, 5) is 19.2. The molecule has 0 saturated carbocycles. The molecule has 0 bridgehead atoms. The van der Waals surface area contributed by atoms with Crippen LogP contribution >= 0.6 is 0 Å². The molecule has 1 aliphatic heterocycles. The molecule has 6 nitrogen and oxygen atoms in total. The van der Waals surface area contributed by atoms with Crippen LogP contribution in [-0.4, -0.2) is 46.6 Å². The zero-order valence-electron chi connectivity index (χ0n) is 17.9. The van der Waals surface area contributed by atoms with Gasteiger partial charge >= 0.3 is 0 Å². The van der Waals surface area contributed by atoms with Crippen LogP contribution in [0.4, 0.5) is 0 Å². The van der Waals surface area contributed by atoms with Crippen molar-refractivity contribution in [2.75, 3.05) is 19.6 Å². The first kappa shape index (κ1) is 21.2. The van der Waals surface area contributed by atoms with E-state index in [1.54, 1.807) is 0 Å². The molecular formula is C25H30N4O2. The highest BCUT2D eigenvalue weighted by atomic mass is 16.5. The van der Waals surface area contributed by atoms with Crippen molar-refractivity contribution >= 4 is 5.91 Å². The summed E-state index contributed by atoms with van der Waals surface area (Å²) in [6.07, 6.45) is 5.15. The average Bonchev–Trinajstić information content (AvgIpc) is 3.29. The number of hydrogen-bond donors (Lipinski definition) is 1. The van der Waals surface area contributed by atoms with E-state index in [1.807, 2.05) is 48.5 Å². The van der Waals surface area contributed by atoms with Crippen molar-refractivity contribution < 1.29 is 9.32 Å². The van der Waals surface area contributed by atoms with E-state index in [0.29, 0.717) is 24.2 Å². The molecule has 3 aromatic rings. The van der Waals surface area contributed by atoms with Gasteiger partial charge in [0.1, 0.15) is 0 Å². The molecule has 6 heteroatoms. The van der Waals surface area contributed by atoms with Gasteiger partial charge in [0, 0.05) is 37.5 Å². The van der Waals surface area contributed by atoms with Crippen LogP contribution in [-0.2, 0) is 17.6 Å². The summed E-state index contributed by atoms with van der Waals surface area (Å²) in [5.41, 5.74) is 2.19. The Morgan fingerprint density at radius 2 is 1.71 bits per heavy atom. The van der Waals surface area contributed by atoms with Crippen molar-refractivity contribution in [2.45, 2.75) is 44.6 Å². The van der Waals surface area contributed by atoms with Crippen LogP contribution in [0.2, 0.25) is 0 Å². The van der Waals surface area contributed by atoms with Crippen molar-refractivity contribution in [3.8, 4) is 11.4 Å². The lowest BCUT2D eigenvalue weighted by atomic mass is 10.0. The molecule has 0 atom stereocenters. The Morgan fingerprint density at radius 3 is 2.45 bits per heavy atom. The molecule has 1 saturated heterocycles. The number of nitrogens with one attached hydrogen (secondary N) is 1. The van der Waals surface area contributed by atoms with E-state index >= 15 is 0 Å². The molecule has 0 spiro atoms. The molecule has 1 N–H and O–H groups in total. The molecule has 2 heterocycles. The summed E-state index contributed by atoms with van der Waals surface area (Å²) in [5.74, 6) is 1.51. The largest absolute Gasteiger partial charge is 0.353 e. The van der Waals surface area contributed by atoms with E-state index in [-0.39, 0.29) is 5.91 Å². The SMILES string of the molecule is O=C(CCc1ccccc1)NC1CCN(CCCc2nc(-c3ccccc3)no2)CC1. The minimum Gasteiger partial charge on any atom is -0.353 e. The summed E-state index contributed by atoms with van der Waals surface area (Å²) in [6, 6.07) is 20.4. The van der Waals surface area contributed by atoms with Gasteiger partial charge in [0.25, 0.3) is 0 Å². The minimum atomic E-state index is 0.160. The van der Waals surface area contributed by atoms with E-state index in [0.717, 1.165) is 57.3 Å². The lowest BCUT2D eigenvalue weighted by molar-refractivity contribution is -0.122. The monoisotopic (exact) mass is 418 g/mol. The fourth-order valence-electron chi connectivity index (χ4n) is 4.02. The van der Waals surface area contributed by atoms with Crippen LogP contribution < -0.4 is 5.32 Å². The quantitative estimate of drug-likeness (QED) is 0.571. The van der Waals surface area contributed by atoms with Gasteiger partial charge in [-0.05, 0) is 37.8 Å². The van der Waals surface area contributed by atoms with Crippen LogP contribution in [0.25, 0.3) is 11.4 Å². The van der Waals surface area contributed by atoms with Crippen LogP contribution in [0, 0.1) is 0 Å². The van der Waals surface area contributed by atoms with Gasteiger partial charge in [-0.1, -0.05) is 65.8 Å². The number of rotatable bonds is 9. The van der Waals surface area contributed by atoms with Gasteiger partial charge in [-0.15, -0.1) is 0 Å². The van der Waals surface area contributed by atoms with Gasteiger partial charge in [0.2, 0.25) is 17.6 Å². The van der Waals surface area contributed by atoms with Gasteiger partial charge in [-0.25, -0.2) is 0 Å². The molecule has 1 fully saturated rings. The molecule has 0 radical (unpaired) electrons. The highest BCUT2D eigenvalue weighted by Gasteiger charge is 2.20. The summed E-state index contributed by atoms with van der Waals surface area (Å²) in [7, 11) is 0. The van der Waals surface area contributed by atoms with Gasteiger partial charge < -0.3 is 14.7 Å². The lowest BCUT2D eigenvalue weighted by Gasteiger charge is -2.32. The highest BCUT2D eigenvalue weighted by molar-refractivity contribution is 5.76. The van der Waals surface area contributed by atoms with Gasteiger partial charge in [-0.2, -0.15) is 4.98 Å². The third kappa shape index (κ3) is 6.49. The summed E-state index contributed by atoms with van der Waals surface area (Å²) >= 11 is 0. The van der Waals surface area contributed by atoms with E-state index in [2.05, 4.69) is 32.5 Å². The second kappa shape index (κ2) is 10.9. The number of benzene rings is 2. The third-order valence-corrected chi connectivity index (χ3v) is 5.80. The molecule has 4 rings (SSSR count). The Bertz CT molecular complexity index is 934. The molecule has 0 aliphatic carbocycles. The summed E-state index contributed by atoms with van der Waals surface area (Å²) < 4.78 is 5.40. The number of hydrogen-bond acceptors (Lipinski definition) is 5. The van der Waals surface area contributed by atoms with Crippen LogP contribution in [0.15, 0.2) is 65.2 Å². The highest BCUT2D eigenvalue weighted by Crippen LogP contribution is 2.16. The van der Waals surface area contributed by atoms with Crippen molar-refractivity contribution in [1.82, 2.24) is 20.4 Å². The average molecular weight is 419 g/mol. The van der Waals surface area contributed by atoms with Gasteiger partial charge in [0.05, 0.1) is 0 Å². The zero-order chi connectivity index (χ0) is 21.3. The fraction of sp³-hybridized carbons (Fsp3) is 0.400. The predicted molar refractivity (Wildman–Crippen MR) is 120 cm³/mol. The van der Waals surface area contributed by atoms with Gasteiger partial charge in [-0.3, -0.25) is 4.79 Å². The molecular weight excluding hydrogens is 388 g/mol. The van der Waals surface area contributed by atoms with E-state index in [9.17, 15) is 4.79 Å². The van der Waals surface area contributed by atoms with Gasteiger partial charge in [0.15, 0.2) is 0 Å². The first-order valence-electron chi connectivity index (χ1n) is 11.2. The van der Waals surface area contributed by atoms with Crippen LogP contribution in [0.5, 0.6) is 0 Å². The minimum absolute atomic E-state index is 0.160. The molecule has 31 heavy (non-hydrogen) atoms. The number of amides is 1. The van der Waals surface area contributed by atoms with E-state index < -0.39 is 0 Å². The Hall–Kier alpha value is -2.99. The molecule has 1 aromatic heterocycles. The summed E-state index contributed by atoms with van der Waals surface area (Å²) in [5, 5.41) is 7.29. The molecule has 1 aliphatic rings. The first-order chi connectivity index (χ1) is 15.3. The van der Waals surface area contributed by atoms with E-state index in [4.69, 9.17) is 4.52 Å². The second-order valence-electron chi connectivity index (χ2n) is 8.15. The van der Waals surface area contributed by atoms with Crippen molar-refractivity contribution in [2.24, 2.45) is 0 Å². The number of aryl methyl sites for hydroxylation is 2. The Morgan fingerprint density at radius 1 is 1.00 bits per heavy atom. The topological polar surface area (TPSA) is 71.3 Å². The lowest BCUT2D eigenvalue weighted by Crippen LogP contribution is -2.44. The van der Waals surface area contributed by atoms with Crippen molar-refractivity contribution in [3.63, 3.8) is 0 Å². The Kier molecular flexibility index (Phi) is 7.45.